The SMILES string of the molecule is CC1(C)C=Cc2c(ccc3c2O[C@@H]2c4ccc(O)cc4OC[C@H]32)O1. The van der Waals surface area contributed by atoms with Crippen molar-refractivity contribution in [3.63, 3.8) is 0 Å². The molecule has 3 aliphatic rings. The van der Waals surface area contributed by atoms with Gasteiger partial charge in [0.25, 0.3) is 0 Å². The Balaban J connectivity index is 1.61. The van der Waals surface area contributed by atoms with Crippen LogP contribution in [-0.2, 0) is 0 Å². The lowest BCUT2D eigenvalue weighted by molar-refractivity contribution is 0.137. The largest absolute Gasteiger partial charge is 0.508 e. The van der Waals surface area contributed by atoms with Crippen molar-refractivity contribution in [1.29, 1.82) is 0 Å². The molecule has 2 aromatic carbocycles. The first-order chi connectivity index (χ1) is 11.5. The summed E-state index contributed by atoms with van der Waals surface area (Å²) < 4.78 is 18.3. The maximum atomic E-state index is 9.66. The average molecular weight is 322 g/mol. The summed E-state index contributed by atoms with van der Waals surface area (Å²) in [5.74, 6) is 2.81. The Kier molecular flexibility index (Phi) is 2.57. The van der Waals surface area contributed by atoms with Gasteiger partial charge in [0.05, 0.1) is 18.1 Å². The highest BCUT2D eigenvalue weighted by atomic mass is 16.5. The van der Waals surface area contributed by atoms with Crippen LogP contribution in [-0.4, -0.2) is 17.3 Å². The Morgan fingerprint density at radius 3 is 2.79 bits per heavy atom. The molecule has 0 spiro atoms. The summed E-state index contributed by atoms with van der Waals surface area (Å²) in [5, 5.41) is 9.66. The molecule has 2 aromatic rings. The number of rotatable bonds is 0. The molecule has 0 radical (unpaired) electrons. The fourth-order valence-corrected chi connectivity index (χ4v) is 3.76. The first kappa shape index (κ1) is 13.8. The smallest absolute Gasteiger partial charge is 0.138 e. The molecule has 0 unspecified atom stereocenters. The van der Waals surface area contributed by atoms with Gasteiger partial charge in [0.15, 0.2) is 0 Å². The number of benzene rings is 2. The molecule has 5 rings (SSSR count). The predicted octanol–water partition coefficient (Wildman–Crippen LogP) is 4.19. The summed E-state index contributed by atoms with van der Waals surface area (Å²) in [6.07, 6.45) is 4.07. The molecule has 4 heteroatoms. The van der Waals surface area contributed by atoms with Gasteiger partial charge >= 0.3 is 0 Å². The van der Waals surface area contributed by atoms with Gasteiger partial charge in [-0.3, -0.25) is 0 Å². The van der Waals surface area contributed by atoms with Crippen molar-refractivity contribution < 1.29 is 19.3 Å². The fourth-order valence-electron chi connectivity index (χ4n) is 3.76. The zero-order valence-electron chi connectivity index (χ0n) is 13.6. The highest BCUT2D eigenvalue weighted by Crippen LogP contribution is 2.54. The predicted molar refractivity (Wildman–Crippen MR) is 89.9 cm³/mol. The van der Waals surface area contributed by atoms with Crippen molar-refractivity contribution in [1.82, 2.24) is 0 Å². The van der Waals surface area contributed by atoms with Crippen LogP contribution < -0.4 is 14.2 Å². The maximum Gasteiger partial charge on any atom is 0.138 e. The van der Waals surface area contributed by atoms with E-state index in [0.29, 0.717) is 12.4 Å². The van der Waals surface area contributed by atoms with Crippen LogP contribution in [0.15, 0.2) is 36.4 Å². The minimum Gasteiger partial charge on any atom is -0.508 e. The molecule has 122 valence electrons. The molecule has 3 aliphatic heterocycles. The van der Waals surface area contributed by atoms with Crippen molar-refractivity contribution in [2.24, 2.45) is 0 Å². The lowest BCUT2D eigenvalue weighted by Crippen LogP contribution is -2.27. The summed E-state index contributed by atoms with van der Waals surface area (Å²) in [4.78, 5) is 0. The molecule has 3 heterocycles. The van der Waals surface area contributed by atoms with Crippen LogP contribution in [0.4, 0.5) is 0 Å². The molecule has 24 heavy (non-hydrogen) atoms. The first-order valence-electron chi connectivity index (χ1n) is 8.19. The van der Waals surface area contributed by atoms with Crippen LogP contribution in [0.2, 0.25) is 0 Å². The van der Waals surface area contributed by atoms with Crippen LogP contribution >= 0.6 is 0 Å². The molecule has 0 aliphatic carbocycles. The number of aromatic hydroxyl groups is 1. The van der Waals surface area contributed by atoms with Crippen molar-refractivity contribution in [3.05, 3.63) is 53.1 Å². The Hall–Kier alpha value is -2.62. The van der Waals surface area contributed by atoms with Crippen LogP contribution in [0.3, 0.4) is 0 Å². The Morgan fingerprint density at radius 2 is 1.92 bits per heavy atom. The van der Waals surface area contributed by atoms with Gasteiger partial charge in [-0.15, -0.1) is 0 Å². The molecule has 0 saturated carbocycles. The van der Waals surface area contributed by atoms with Gasteiger partial charge in [0, 0.05) is 17.2 Å². The van der Waals surface area contributed by atoms with Gasteiger partial charge < -0.3 is 19.3 Å². The lowest BCUT2D eigenvalue weighted by Gasteiger charge is -2.28. The second-order valence-corrected chi connectivity index (χ2v) is 7.11. The number of hydrogen-bond acceptors (Lipinski definition) is 4. The Morgan fingerprint density at radius 1 is 1.08 bits per heavy atom. The molecule has 0 amide bonds. The second kappa shape index (κ2) is 4.47. The van der Waals surface area contributed by atoms with Gasteiger partial charge in [-0.1, -0.05) is 6.07 Å². The van der Waals surface area contributed by atoms with E-state index < -0.39 is 0 Å². The van der Waals surface area contributed by atoms with E-state index in [-0.39, 0.29) is 23.4 Å². The molecule has 0 fully saturated rings. The molecule has 0 aromatic heterocycles. The Bertz CT molecular complexity index is 881. The van der Waals surface area contributed by atoms with Crippen molar-refractivity contribution in [2.45, 2.75) is 31.5 Å². The number of phenols is 1. The topological polar surface area (TPSA) is 47.9 Å². The van der Waals surface area contributed by atoms with Gasteiger partial charge in [0.2, 0.25) is 0 Å². The molecular weight excluding hydrogens is 304 g/mol. The molecular formula is C20H18O4. The summed E-state index contributed by atoms with van der Waals surface area (Å²) in [7, 11) is 0. The number of phenolic OH excluding ortho intramolecular Hbond substituents is 1. The quantitative estimate of drug-likeness (QED) is 0.790. The van der Waals surface area contributed by atoms with Crippen LogP contribution in [0.25, 0.3) is 6.08 Å². The highest BCUT2D eigenvalue weighted by molar-refractivity contribution is 5.71. The first-order valence-corrected chi connectivity index (χ1v) is 8.19. The molecule has 1 N–H and O–H groups in total. The minimum atomic E-state index is -0.306. The third-order valence-corrected chi connectivity index (χ3v) is 4.94. The molecule has 4 nitrogen and oxygen atoms in total. The van der Waals surface area contributed by atoms with E-state index in [4.69, 9.17) is 14.2 Å². The lowest BCUT2D eigenvalue weighted by atomic mass is 9.88. The monoisotopic (exact) mass is 322 g/mol. The average Bonchev–Trinajstić information content (AvgIpc) is 2.92. The highest BCUT2D eigenvalue weighted by Gasteiger charge is 2.42. The second-order valence-electron chi connectivity index (χ2n) is 7.11. The van der Waals surface area contributed by atoms with E-state index in [0.717, 1.165) is 28.2 Å². The fraction of sp³-hybridized carbons (Fsp3) is 0.300. The Labute approximate surface area is 140 Å². The summed E-state index contributed by atoms with van der Waals surface area (Å²) in [6.45, 7) is 4.62. The zero-order chi connectivity index (χ0) is 16.5. The normalized spacial score (nSPS) is 24.6. The van der Waals surface area contributed by atoms with E-state index in [1.807, 2.05) is 26.0 Å². The minimum absolute atomic E-state index is 0.0841. The summed E-state index contributed by atoms with van der Waals surface area (Å²) >= 11 is 0. The van der Waals surface area contributed by atoms with Crippen molar-refractivity contribution in [2.75, 3.05) is 6.61 Å². The number of fused-ring (bicyclic) bond motifs is 7. The third kappa shape index (κ3) is 1.86. The molecule has 0 saturated heterocycles. The zero-order valence-corrected chi connectivity index (χ0v) is 13.6. The van der Waals surface area contributed by atoms with Gasteiger partial charge in [0.1, 0.15) is 34.7 Å². The van der Waals surface area contributed by atoms with Crippen LogP contribution in [0.1, 0.15) is 42.6 Å². The van der Waals surface area contributed by atoms with Gasteiger partial charge in [-0.05, 0) is 44.2 Å². The van der Waals surface area contributed by atoms with E-state index in [1.165, 1.54) is 0 Å². The van der Waals surface area contributed by atoms with E-state index >= 15 is 0 Å². The van der Waals surface area contributed by atoms with Crippen LogP contribution in [0, 0.1) is 0 Å². The van der Waals surface area contributed by atoms with Gasteiger partial charge in [-0.25, -0.2) is 0 Å². The third-order valence-electron chi connectivity index (χ3n) is 4.94. The maximum absolute atomic E-state index is 9.66. The van der Waals surface area contributed by atoms with E-state index in [2.05, 4.69) is 18.2 Å². The number of hydrogen-bond donors (Lipinski definition) is 1. The van der Waals surface area contributed by atoms with E-state index in [9.17, 15) is 5.11 Å². The van der Waals surface area contributed by atoms with Crippen LogP contribution in [0.5, 0.6) is 23.0 Å². The molecule has 2 atom stereocenters. The number of ether oxygens (including phenoxy) is 3. The summed E-state index contributed by atoms with van der Waals surface area (Å²) in [6, 6.07) is 9.33. The summed E-state index contributed by atoms with van der Waals surface area (Å²) in [5.41, 5.74) is 2.84. The molecule has 0 bridgehead atoms. The van der Waals surface area contributed by atoms with Crippen molar-refractivity contribution >= 4 is 6.08 Å². The van der Waals surface area contributed by atoms with Crippen molar-refractivity contribution in [3.8, 4) is 23.0 Å². The standard InChI is InChI=1S/C20H18O4/c1-20(2)8-7-14-16(24-20)6-5-12-15-10-22-17-9-11(21)3-4-13(17)19(15)23-18(12)14/h3-9,15,19,21H,10H2,1-2H3/t15-,19-/m1/s1. The van der Waals surface area contributed by atoms with E-state index in [1.54, 1.807) is 12.1 Å². The van der Waals surface area contributed by atoms with Gasteiger partial charge in [-0.2, -0.15) is 0 Å².